The van der Waals surface area contributed by atoms with Gasteiger partial charge in [-0.25, -0.2) is 0 Å². The molecule has 0 N–H and O–H groups in total. The van der Waals surface area contributed by atoms with Gasteiger partial charge in [-0.2, -0.15) is 5.26 Å². The van der Waals surface area contributed by atoms with Crippen LogP contribution in [0.4, 0.5) is 5.82 Å². The molecule has 1 fully saturated rings. The summed E-state index contributed by atoms with van der Waals surface area (Å²) in [5.74, 6) is 1.69. The van der Waals surface area contributed by atoms with E-state index in [4.69, 9.17) is 0 Å². The Morgan fingerprint density at radius 1 is 1.10 bits per heavy atom. The monoisotopic (exact) mass is 414 g/mol. The smallest absolute Gasteiger partial charge is 0.167 e. The highest BCUT2D eigenvalue weighted by Crippen LogP contribution is 2.35. The minimum Gasteiger partial charge on any atom is -0.357 e. The van der Waals surface area contributed by atoms with E-state index < -0.39 is 0 Å². The maximum atomic E-state index is 10.2. The van der Waals surface area contributed by atoms with Gasteiger partial charge in [-0.1, -0.05) is 30.3 Å². The lowest BCUT2D eigenvalue weighted by Gasteiger charge is -2.37. The van der Waals surface area contributed by atoms with Gasteiger partial charge in [-0.05, 0) is 56.6 Å². The molecule has 0 saturated carbocycles. The van der Waals surface area contributed by atoms with E-state index in [-0.39, 0.29) is 0 Å². The molecular weight excluding hydrogens is 384 g/mol. The van der Waals surface area contributed by atoms with Crippen LogP contribution >= 0.6 is 0 Å². The Morgan fingerprint density at radius 2 is 1.87 bits per heavy atom. The van der Waals surface area contributed by atoms with Gasteiger partial charge in [0.15, 0.2) is 5.65 Å². The Bertz CT molecular complexity index is 1100. The lowest BCUT2D eigenvalue weighted by atomic mass is 9.89. The van der Waals surface area contributed by atoms with Crippen LogP contribution in [-0.4, -0.2) is 45.2 Å². The minimum atomic E-state index is 0.477. The van der Waals surface area contributed by atoms with Gasteiger partial charge in [0, 0.05) is 37.8 Å². The molecule has 2 aromatic heterocycles. The second-order valence-electron chi connectivity index (χ2n) is 9.23. The molecule has 6 heteroatoms. The van der Waals surface area contributed by atoms with E-state index in [9.17, 15) is 5.26 Å². The Morgan fingerprint density at radius 3 is 2.58 bits per heavy atom. The number of pyridine rings is 1. The number of nitriles is 1. The summed E-state index contributed by atoms with van der Waals surface area (Å²) < 4.78 is 2.07. The fourth-order valence-electron chi connectivity index (χ4n) is 5.28. The van der Waals surface area contributed by atoms with Gasteiger partial charge in [0.1, 0.15) is 18.2 Å². The van der Waals surface area contributed by atoms with Crippen LogP contribution in [0.1, 0.15) is 48.9 Å². The predicted octanol–water partition coefficient (Wildman–Crippen LogP) is 3.83. The van der Waals surface area contributed by atoms with Crippen molar-refractivity contribution >= 4 is 11.5 Å². The number of hydrogen-bond acceptors (Lipinski definition) is 5. The molecule has 0 unspecified atom stereocenters. The van der Waals surface area contributed by atoms with Crippen molar-refractivity contribution in [3.8, 4) is 6.07 Å². The van der Waals surface area contributed by atoms with Crippen molar-refractivity contribution < 1.29 is 0 Å². The second-order valence-corrected chi connectivity index (χ2v) is 9.23. The highest BCUT2D eigenvalue weighted by molar-refractivity contribution is 5.69. The Kier molecular flexibility index (Phi) is 5.37. The lowest BCUT2D eigenvalue weighted by Crippen LogP contribution is -2.39. The molecular formula is C25H30N6. The predicted molar refractivity (Wildman–Crippen MR) is 122 cm³/mol. The molecule has 1 aromatic carbocycles. The van der Waals surface area contributed by atoms with Crippen molar-refractivity contribution in [3.63, 3.8) is 0 Å². The van der Waals surface area contributed by atoms with E-state index in [0.717, 1.165) is 68.9 Å². The van der Waals surface area contributed by atoms with Crippen molar-refractivity contribution in [3.05, 3.63) is 58.9 Å². The zero-order chi connectivity index (χ0) is 21.4. The van der Waals surface area contributed by atoms with E-state index in [1.165, 1.54) is 16.7 Å². The van der Waals surface area contributed by atoms with Crippen molar-refractivity contribution in [2.75, 3.05) is 24.5 Å². The molecule has 0 atom stereocenters. The molecule has 0 spiro atoms. The number of nitrogens with zero attached hydrogens (tertiary/aromatic N) is 6. The van der Waals surface area contributed by atoms with Gasteiger partial charge in [0.2, 0.25) is 0 Å². The third-order valence-corrected chi connectivity index (χ3v) is 7.07. The highest BCUT2D eigenvalue weighted by atomic mass is 15.3. The summed E-state index contributed by atoms with van der Waals surface area (Å²) in [5, 5.41) is 18.9. The van der Waals surface area contributed by atoms with Crippen molar-refractivity contribution in [2.45, 2.75) is 52.1 Å². The number of rotatable bonds is 4. The Hall–Kier alpha value is -2.91. The molecule has 2 aliphatic heterocycles. The summed E-state index contributed by atoms with van der Waals surface area (Å²) in [6.45, 7) is 8.22. The molecule has 6 nitrogen and oxygen atoms in total. The zero-order valence-corrected chi connectivity index (χ0v) is 18.5. The first kappa shape index (κ1) is 20.0. The van der Waals surface area contributed by atoms with Gasteiger partial charge in [-0.3, -0.25) is 9.30 Å². The number of anilines is 1. The minimum absolute atomic E-state index is 0.477. The van der Waals surface area contributed by atoms with Crippen LogP contribution < -0.4 is 4.90 Å². The fraction of sp³-hybridized carbons (Fsp3) is 0.480. The number of piperidine rings is 1. The number of aromatic nitrogens is 3. The molecule has 31 heavy (non-hydrogen) atoms. The molecule has 0 radical (unpaired) electrons. The average Bonchev–Trinajstić information content (AvgIpc) is 3.29. The molecule has 0 aliphatic carbocycles. The highest BCUT2D eigenvalue weighted by Gasteiger charge is 2.30. The molecule has 5 rings (SSSR count). The van der Waals surface area contributed by atoms with E-state index in [1.54, 1.807) is 6.33 Å². The van der Waals surface area contributed by atoms with E-state index in [0.29, 0.717) is 12.0 Å². The van der Waals surface area contributed by atoms with Crippen LogP contribution in [0.5, 0.6) is 0 Å². The van der Waals surface area contributed by atoms with Gasteiger partial charge in [-0.15, -0.1) is 10.2 Å². The van der Waals surface area contributed by atoms with Crippen molar-refractivity contribution in [2.24, 2.45) is 5.92 Å². The van der Waals surface area contributed by atoms with Crippen LogP contribution in [0.25, 0.3) is 5.65 Å². The quantitative estimate of drug-likeness (QED) is 0.649. The number of hydrogen-bond donors (Lipinski definition) is 0. The van der Waals surface area contributed by atoms with Gasteiger partial charge in [0.25, 0.3) is 0 Å². The third kappa shape index (κ3) is 3.68. The van der Waals surface area contributed by atoms with Crippen LogP contribution in [0.2, 0.25) is 0 Å². The number of benzene rings is 1. The first-order chi connectivity index (χ1) is 15.2. The average molecular weight is 415 g/mol. The van der Waals surface area contributed by atoms with Crippen LogP contribution in [0.15, 0.2) is 36.7 Å². The molecule has 0 bridgehead atoms. The topological polar surface area (TPSA) is 60.5 Å². The SMILES string of the molecule is CC(C)N1CCc2c(C#N)c(N3CCC(Cc4ccccc4)CC3)n3cnnc3c2C1. The standard InChI is InChI=1S/C25H30N6/c1-18(2)30-13-10-21-22(15-26)25(31-17-27-28-24(31)23(21)16-30)29-11-8-20(9-12-29)14-19-6-4-3-5-7-19/h3-7,17-18,20H,8-14,16H2,1-2H3. The summed E-state index contributed by atoms with van der Waals surface area (Å²) in [4.78, 5) is 4.85. The molecule has 2 aliphatic rings. The maximum absolute atomic E-state index is 10.2. The van der Waals surface area contributed by atoms with Gasteiger partial charge >= 0.3 is 0 Å². The maximum Gasteiger partial charge on any atom is 0.167 e. The first-order valence-corrected chi connectivity index (χ1v) is 11.5. The van der Waals surface area contributed by atoms with Crippen LogP contribution in [-0.2, 0) is 19.4 Å². The van der Waals surface area contributed by atoms with E-state index >= 15 is 0 Å². The van der Waals surface area contributed by atoms with Gasteiger partial charge in [0.05, 0.1) is 5.56 Å². The van der Waals surface area contributed by atoms with E-state index in [1.807, 2.05) is 0 Å². The van der Waals surface area contributed by atoms with Gasteiger partial charge < -0.3 is 4.90 Å². The third-order valence-electron chi connectivity index (χ3n) is 7.07. The normalized spacial score (nSPS) is 17.8. The fourth-order valence-corrected chi connectivity index (χ4v) is 5.28. The molecule has 0 amide bonds. The van der Waals surface area contributed by atoms with Crippen LogP contribution in [0, 0.1) is 17.2 Å². The Balaban J connectivity index is 1.44. The first-order valence-electron chi connectivity index (χ1n) is 11.5. The summed E-state index contributed by atoms with van der Waals surface area (Å²) in [7, 11) is 0. The zero-order valence-electron chi connectivity index (χ0n) is 18.5. The second kappa shape index (κ2) is 8.32. The number of fused-ring (bicyclic) bond motifs is 3. The summed E-state index contributed by atoms with van der Waals surface area (Å²) in [6, 6.07) is 13.8. The summed E-state index contributed by atoms with van der Waals surface area (Å²) >= 11 is 0. The lowest BCUT2D eigenvalue weighted by molar-refractivity contribution is 0.204. The van der Waals surface area contributed by atoms with Crippen molar-refractivity contribution in [1.82, 2.24) is 19.5 Å². The van der Waals surface area contributed by atoms with Crippen molar-refractivity contribution in [1.29, 1.82) is 5.26 Å². The molecule has 1 saturated heterocycles. The molecule has 3 aromatic rings. The summed E-state index contributed by atoms with van der Waals surface area (Å²) in [6.07, 6.45) is 6.10. The molecule has 4 heterocycles. The van der Waals surface area contributed by atoms with Crippen LogP contribution in [0.3, 0.4) is 0 Å². The largest absolute Gasteiger partial charge is 0.357 e. The Labute approximate surface area is 184 Å². The van der Waals surface area contributed by atoms with E-state index in [2.05, 4.69) is 74.6 Å². The summed E-state index contributed by atoms with van der Waals surface area (Å²) in [5.41, 5.74) is 5.52. The molecule has 160 valence electrons.